The molecule has 4 rings (SSSR count). The molecule has 2 N–H and O–H groups in total. The third kappa shape index (κ3) is 3.89. The van der Waals surface area contributed by atoms with Crippen molar-refractivity contribution in [2.45, 2.75) is 6.04 Å². The van der Waals surface area contributed by atoms with E-state index in [9.17, 15) is 29.2 Å². The van der Waals surface area contributed by atoms with Gasteiger partial charge < -0.3 is 25.0 Å². The van der Waals surface area contributed by atoms with Gasteiger partial charge in [0.05, 0.1) is 16.3 Å². The fraction of sp³-hybridized carbons (Fsp3) is 0.250. The fourth-order valence-electron chi connectivity index (χ4n) is 3.75. The van der Waals surface area contributed by atoms with Gasteiger partial charge in [0.1, 0.15) is 23.8 Å². The van der Waals surface area contributed by atoms with Crippen LogP contribution in [0, 0.1) is 15.9 Å². The quantitative estimate of drug-likeness (QED) is 0.422. The standard InChI is InChI=1S/C20H18FN5O5/c21-12-1-3-13(4-2-12)24-5-7-25(8-6-24)17-9-15-14(10-18(17)26(30)31)22-16(11-27)19(23-15)20(28)29/h1-4,9-11,16,22H,5-8H2,(H,28,29). The molecule has 2 heterocycles. The summed E-state index contributed by atoms with van der Waals surface area (Å²) >= 11 is 0. The molecule has 160 valence electrons. The van der Waals surface area contributed by atoms with Gasteiger partial charge in [0.2, 0.25) is 0 Å². The van der Waals surface area contributed by atoms with E-state index in [2.05, 4.69) is 15.2 Å². The first kappa shape index (κ1) is 20.3. The molecule has 1 unspecified atom stereocenters. The number of carbonyl (C=O) groups excluding carboxylic acids is 1. The number of piperazine rings is 1. The van der Waals surface area contributed by atoms with E-state index in [1.807, 2.05) is 4.90 Å². The Morgan fingerprint density at radius 1 is 1.19 bits per heavy atom. The molecule has 0 radical (unpaired) electrons. The van der Waals surface area contributed by atoms with Gasteiger partial charge in [-0.3, -0.25) is 10.1 Å². The summed E-state index contributed by atoms with van der Waals surface area (Å²) in [5.74, 6) is -1.66. The summed E-state index contributed by atoms with van der Waals surface area (Å²) in [5, 5.41) is 23.7. The molecular weight excluding hydrogens is 409 g/mol. The van der Waals surface area contributed by atoms with Crippen molar-refractivity contribution >= 4 is 46.4 Å². The number of carboxylic acids is 1. The Labute approximate surface area is 175 Å². The number of nitrogens with zero attached hydrogens (tertiary/aromatic N) is 4. The molecule has 10 nitrogen and oxygen atoms in total. The van der Waals surface area contributed by atoms with Crippen molar-refractivity contribution in [3.63, 3.8) is 0 Å². The van der Waals surface area contributed by atoms with E-state index in [0.717, 1.165) is 5.69 Å². The van der Waals surface area contributed by atoms with E-state index in [1.54, 1.807) is 12.1 Å². The lowest BCUT2D eigenvalue weighted by molar-refractivity contribution is -0.384. The molecule has 0 amide bonds. The summed E-state index contributed by atoms with van der Waals surface area (Å²) in [6.07, 6.45) is 0.393. The first-order chi connectivity index (χ1) is 14.9. The lowest BCUT2D eigenvalue weighted by atomic mass is 10.1. The van der Waals surface area contributed by atoms with Crippen LogP contribution >= 0.6 is 0 Å². The number of anilines is 3. The van der Waals surface area contributed by atoms with Gasteiger partial charge in [0, 0.05) is 37.9 Å². The maximum atomic E-state index is 13.2. The number of carboxylic acid groups (broad SMARTS) is 1. The fourth-order valence-corrected chi connectivity index (χ4v) is 3.75. The van der Waals surface area contributed by atoms with Gasteiger partial charge in [-0.05, 0) is 30.3 Å². The normalized spacial score (nSPS) is 18.0. The largest absolute Gasteiger partial charge is 0.477 e. The van der Waals surface area contributed by atoms with Crippen LogP contribution in [0.1, 0.15) is 0 Å². The first-order valence-corrected chi connectivity index (χ1v) is 9.49. The molecule has 2 aliphatic heterocycles. The van der Waals surface area contributed by atoms with Gasteiger partial charge in [-0.2, -0.15) is 0 Å². The second-order valence-electron chi connectivity index (χ2n) is 7.13. The van der Waals surface area contributed by atoms with Gasteiger partial charge in [0.15, 0.2) is 5.71 Å². The summed E-state index contributed by atoms with van der Waals surface area (Å²) < 4.78 is 13.2. The van der Waals surface area contributed by atoms with Crippen molar-refractivity contribution in [2.75, 3.05) is 41.3 Å². The minimum atomic E-state index is -1.34. The minimum absolute atomic E-state index is 0.167. The second kappa shape index (κ2) is 8.01. The summed E-state index contributed by atoms with van der Waals surface area (Å²) in [7, 11) is 0. The SMILES string of the molecule is O=CC1Nc2cc([N+](=O)[O-])c(N3CCN(c4ccc(F)cc4)CC3)cc2N=C1C(=O)O. The van der Waals surface area contributed by atoms with Crippen LogP contribution in [-0.4, -0.2) is 60.2 Å². The topological polar surface area (TPSA) is 128 Å². The number of fused-ring (bicyclic) bond motifs is 1. The molecule has 2 aromatic rings. The predicted octanol–water partition coefficient (Wildman–Crippen LogP) is 2.21. The van der Waals surface area contributed by atoms with Gasteiger partial charge >= 0.3 is 5.97 Å². The molecule has 2 aliphatic rings. The first-order valence-electron chi connectivity index (χ1n) is 9.49. The molecule has 1 saturated heterocycles. The number of carbonyl (C=O) groups is 2. The molecule has 0 spiro atoms. The Morgan fingerprint density at radius 2 is 1.84 bits per heavy atom. The van der Waals surface area contributed by atoms with Crippen LogP contribution in [-0.2, 0) is 9.59 Å². The third-order valence-corrected chi connectivity index (χ3v) is 5.30. The molecule has 0 aromatic heterocycles. The Morgan fingerprint density at radius 3 is 2.42 bits per heavy atom. The Bertz CT molecular complexity index is 1080. The highest BCUT2D eigenvalue weighted by Gasteiger charge is 2.31. The van der Waals surface area contributed by atoms with Crippen LogP contribution in [0.5, 0.6) is 0 Å². The number of aliphatic imine (C=N–C) groups is 1. The van der Waals surface area contributed by atoms with Crippen molar-refractivity contribution in [1.29, 1.82) is 0 Å². The van der Waals surface area contributed by atoms with Crippen molar-refractivity contribution in [2.24, 2.45) is 4.99 Å². The van der Waals surface area contributed by atoms with E-state index in [-0.39, 0.29) is 28.6 Å². The highest BCUT2D eigenvalue weighted by molar-refractivity contribution is 6.42. The van der Waals surface area contributed by atoms with Gasteiger partial charge in [-0.1, -0.05) is 0 Å². The van der Waals surface area contributed by atoms with Crippen molar-refractivity contribution in [1.82, 2.24) is 0 Å². The average molecular weight is 427 g/mol. The number of aldehydes is 1. The van der Waals surface area contributed by atoms with Crippen LogP contribution in [0.25, 0.3) is 0 Å². The smallest absolute Gasteiger partial charge is 0.352 e. The number of hydrogen-bond acceptors (Lipinski definition) is 8. The molecular formula is C20H18FN5O5. The molecule has 2 aromatic carbocycles. The number of benzene rings is 2. The molecule has 0 aliphatic carbocycles. The number of nitro groups is 1. The molecule has 11 heteroatoms. The lowest BCUT2D eigenvalue weighted by Gasteiger charge is -2.37. The Kier molecular flexibility index (Phi) is 5.24. The lowest BCUT2D eigenvalue weighted by Crippen LogP contribution is -2.46. The molecule has 0 saturated carbocycles. The maximum absolute atomic E-state index is 13.2. The molecule has 0 bridgehead atoms. The number of aliphatic carboxylic acids is 1. The summed E-state index contributed by atoms with van der Waals surface area (Å²) in [6.45, 7) is 2.07. The van der Waals surface area contributed by atoms with E-state index < -0.39 is 16.9 Å². The van der Waals surface area contributed by atoms with E-state index in [1.165, 1.54) is 24.3 Å². The van der Waals surface area contributed by atoms with E-state index >= 15 is 0 Å². The highest BCUT2D eigenvalue weighted by Crippen LogP contribution is 2.41. The zero-order chi connectivity index (χ0) is 22.1. The number of nitrogens with one attached hydrogen (secondary N) is 1. The monoisotopic (exact) mass is 427 g/mol. The van der Waals surface area contributed by atoms with Gasteiger partial charge in [-0.15, -0.1) is 0 Å². The maximum Gasteiger partial charge on any atom is 0.352 e. The van der Waals surface area contributed by atoms with Crippen molar-refractivity contribution in [3.8, 4) is 0 Å². The van der Waals surface area contributed by atoms with Crippen LogP contribution in [0.3, 0.4) is 0 Å². The highest BCUT2D eigenvalue weighted by atomic mass is 19.1. The zero-order valence-electron chi connectivity index (χ0n) is 16.2. The second-order valence-corrected chi connectivity index (χ2v) is 7.13. The van der Waals surface area contributed by atoms with Gasteiger partial charge in [0.25, 0.3) is 5.69 Å². The third-order valence-electron chi connectivity index (χ3n) is 5.30. The zero-order valence-corrected chi connectivity index (χ0v) is 16.2. The molecule has 31 heavy (non-hydrogen) atoms. The molecule has 1 fully saturated rings. The van der Waals surface area contributed by atoms with Crippen LogP contribution in [0.2, 0.25) is 0 Å². The van der Waals surface area contributed by atoms with Crippen molar-refractivity contribution in [3.05, 3.63) is 52.3 Å². The van der Waals surface area contributed by atoms with E-state index in [4.69, 9.17) is 0 Å². The van der Waals surface area contributed by atoms with Crippen molar-refractivity contribution < 1.29 is 24.0 Å². The van der Waals surface area contributed by atoms with Crippen LogP contribution < -0.4 is 15.1 Å². The van der Waals surface area contributed by atoms with Crippen LogP contribution in [0.15, 0.2) is 41.4 Å². The van der Waals surface area contributed by atoms with Crippen LogP contribution in [0.4, 0.5) is 32.8 Å². The Hall–Kier alpha value is -4.02. The number of nitro benzene ring substituents is 1. The average Bonchev–Trinajstić information content (AvgIpc) is 2.77. The number of rotatable bonds is 5. The minimum Gasteiger partial charge on any atom is -0.477 e. The molecule has 1 atom stereocenters. The van der Waals surface area contributed by atoms with E-state index in [0.29, 0.717) is 38.2 Å². The number of halogens is 1. The summed E-state index contributed by atoms with van der Waals surface area (Å²) in [6, 6.07) is 7.69. The predicted molar refractivity (Wildman–Crippen MR) is 112 cm³/mol. The summed E-state index contributed by atoms with van der Waals surface area (Å²) in [5.41, 5.74) is 1.09. The van der Waals surface area contributed by atoms with Gasteiger partial charge in [-0.25, -0.2) is 14.2 Å². The Balaban J connectivity index is 1.63. The summed E-state index contributed by atoms with van der Waals surface area (Å²) in [4.78, 5) is 41.7. The number of hydrogen-bond donors (Lipinski definition) is 2.